The van der Waals surface area contributed by atoms with E-state index in [0.29, 0.717) is 18.7 Å². The second-order valence-corrected chi connectivity index (χ2v) is 6.77. The number of carbonyl (C=O) groups is 1. The zero-order chi connectivity index (χ0) is 17.8. The van der Waals surface area contributed by atoms with Crippen LogP contribution >= 0.6 is 11.3 Å². The van der Waals surface area contributed by atoms with Crippen LogP contribution in [0.25, 0.3) is 5.13 Å². The number of benzene rings is 1. The molecule has 0 fully saturated rings. The number of aryl methyl sites for hydroxylation is 1. The molecule has 4 nitrogen and oxygen atoms in total. The first-order chi connectivity index (χ1) is 12.1. The molecule has 2 heterocycles. The standard InChI is InChI=1S/C20H21N3OS/c1-4-11-22(14-17-8-6-5-7-9-17)19(24)18-13-15(2)23(16(18)3)20-21-10-12-25-20/h4-10,12-13H,1,11,14H2,2-3H3. The summed E-state index contributed by atoms with van der Waals surface area (Å²) in [4.78, 5) is 19.3. The fraction of sp³-hybridized carbons (Fsp3) is 0.200. The molecule has 3 aromatic rings. The van der Waals surface area contributed by atoms with Crippen LogP contribution in [-0.4, -0.2) is 26.9 Å². The lowest BCUT2D eigenvalue weighted by Crippen LogP contribution is -2.31. The van der Waals surface area contributed by atoms with Gasteiger partial charge in [0.1, 0.15) is 0 Å². The molecule has 3 rings (SSSR count). The largest absolute Gasteiger partial charge is 0.331 e. The monoisotopic (exact) mass is 351 g/mol. The van der Waals surface area contributed by atoms with Crippen molar-refractivity contribution in [3.8, 4) is 5.13 Å². The summed E-state index contributed by atoms with van der Waals surface area (Å²) in [5.74, 6) is 0.0136. The molecular weight excluding hydrogens is 330 g/mol. The highest BCUT2D eigenvalue weighted by Gasteiger charge is 2.22. The quantitative estimate of drug-likeness (QED) is 0.618. The van der Waals surface area contributed by atoms with Gasteiger partial charge in [-0.1, -0.05) is 36.4 Å². The first kappa shape index (κ1) is 17.2. The Morgan fingerprint density at radius 3 is 2.72 bits per heavy atom. The SMILES string of the molecule is C=CCN(Cc1ccccc1)C(=O)c1cc(C)n(-c2nccs2)c1C. The number of carbonyl (C=O) groups excluding carboxylic acids is 1. The molecule has 0 saturated carbocycles. The van der Waals surface area contributed by atoms with Crippen molar-refractivity contribution in [3.05, 3.63) is 83.1 Å². The molecule has 0 spiro atoms. The molecule has 0 N–H and O–H groups in total. The number of nitrogens with zero attached hydrogens (tertiary/aromatic N) is 3. The molecular formula is C20H21N3OS. The molecule has 0 saturated heterocycles. The molecule has 0 aliphatic carbocycles. The van der Waals surface area contributed by atoms with Gasteiger partial charge in [-0.3, -0.25) is 9.36 Å². The number of hydrogen-bond donors (Lipinski definition) is 0. The van der Waals surface area contributed by atoms with E-state index in [1.807, 2.05) is 65.1 Å². The average molecular weight is 351 g/mol. The van der Waals surface area contributed by atoms with Crippen LogP contribution in [0, 0.1) is 13.8 Å². The van der Waals surface area contributed by atoms with Gasteiger partial charge in [-0.15, -0.1) is 17.9 Å². The van der Waals surface area contributed by atoms with Gasteiger partial charge in [0, 0.05) is 36.1 Å². The minimum Gasteiger partial charge on any atom is -0.331 e. The summed E-state index contributed by atoms with van der Waals surface area (Å²) in [5, 5.41) is 2.82. The highest BCUT2D eigenvalue weighted by atomic mass is 32.1. The second kappa shape index (κ2) is 7.49. The molecule has 1 aromatic carbocycles. The van der Waals surface area contributed by atoms with Gasteiger partial charge in [-0.25, -0.2) is 4.98 Å². The van der Waals surface area contributed by atoms with E-state index in [9.17, 15) is 4.79 Å². The lowest BCUT2D eigenvalue weighted by atomic mass is 10.1. The first-order valence-corrected chi connectivity index (χ1v) is 9.02. The summed E-state index contributed by atoms with van der Waals surface area (Å²) in [6.45, 7) is 8.84. The van der Waals surface area contributed by atoms with Crippen LogP contribution < -0.4 is 0 Å². The smallest absolute Gasteiger partial charge is 0.256 e. The Balaban J connectivity index is 1.92. The Morgan fingerprint density at radius 2 is 2.08 bits per heavy atom. The maximum atomic E-state index is 13.1. The lowest BCUT2D eigenvalue weighted by molar-refractivity contribution is 0.0762. The third kappa shape index (κ3) is 3.56. The van der Waals surface area contributed by atoms with E-state index in [4.69, 9.17) is 0 Å². The molecule has 0 aliphatic rings. The van der Waals surface area contributed by atoms with E-state index >= 15 is 0 Å². The minimum absolute atomic E-state index is 0.0136. The summed E-state index contributed by atoms with van der Waals surface area (Å²) in [6.07, 6.45) is 3.54. The Labute approximate surface area is 152 Å². The van der Waals surface area contributed by atoms with Gasteiger partial charge in [0.05, 0.1) is 5.56 Å². The van der Waals surface area contributed by atoms with Gasteiger partial charge in [-0.05, 0) is 25.5 Å². The van der Waals surface area contributed by atoms with Crippen molar-refractivity contribution < 1.29 is 4.79 Å². The Hall–Kier alpha value is -2.66. The van der Waals surface area contributed by atoms with E-state index in [1.54, 1.807) is 23.6 Å². The number of aromatic nitrogens is 2. The van der Waals surface area contributed by atoms with Crippen molar-refractivity contribution in [1.82, 2.24) is 14.5 Å². The van der Waals surface area contributed by atoms with Gasteiger partial charge < -0.3 is 4.90 Å². The number of hydrogen-bond acceptors (Lipinski definition) is 3. The molecule has 0 aliphatic heterocycles. The summed E-state index contributed by atoms with van der Waals surface area (Å²) in [5.41, 5.74) is 3.74. The van der Waals surface area contributed by atoms with Gasteiger partial charge in [0.25, 0.3) is 5.91 Å². The average Bonchev–Trinajstić information content (AvgIpc) is 3.22. The van der Waals surface area contributed by atoms with E-state index in [2.05, 4.69) is 11.6 Å². The lowest BCUT2D eigenvalue weighted by Gasteiger charge is -2.21. The topological polar surface area (TPSA) is 38.1 Å². The molecule has 128 valence electrons. The Bertz CT molecular complexity index is 866. The van der Waals surface area contributed by atoms with Gasteiger partial charge in [0.2, 0.25) is 0 Å². The molecule has 5 heteroatoms. The Morgan fingerprint density at radius 1 is 1.32 bits per heavy atom. The molecule has 2 aromatic heterocycles. The van der Waals surface area contributed by atoms with Crippen LogP contribution in [0.3, 0.4) is 0 Å². The molecule has 0 radical (unpaired) electrons. The summed E-state index contributed by atoms with van der Waals surface area (Å²) >= 11 is 1.56. The highest BCUT2D eigenvalue weighted by molar-refractivity contribution is 7.12. The van der Waals surface area contributed by atoms with Crippen LogP contribution in [0.1, 0.15) is 27.3 Å². The van der Waals surface area contributed by atoms with Crippen molar-refractivity contribution in [2.45, 2.75) is 20.4 Å². The van der Waals surface area contributed by atoms with Crippen molar-refractivity contribution >= 4 is 17.2 Å². The van der Waals surface area contributed by atoms with Crippen LogP contribution in [0.2, 0.25) is 0 Å². The third-order valence-corrected chi connectivity index (χ3v) is 4.88. The fourth-order valence-corrected chi connectivity index (χ4v) is 3.70. The van der Waals surface area contributed by atoms with Crippen molar-refractivity contribution in [1.29, 1.82) is 0 Å². The predicted octanol–water partition coefficient (Wildman–Crippen LogP) is 4.38. The summed E-state index contributed by atoms with van der Waals surface area (Å²) < 4.78 is 2.03. The Kier molecular flexibility index (Phi) is 5.14. The van der Waals surface area contributed by atoms with Crippen LogP contribution in [0.4, 0.5) is 0 Å². The maximum Gasteiger partial charge on any atom is 0.256 e. The van der Waals surface area contributed by atoms with Gasteiger partial charge in [0.15, 0.2) is 5.13 Å². The molecule has 25 heavy (non-hydrogen) atoms. The van der Waals surface area contributed by atoms with E-state index in [-0.39, 0.29) is 5.91 Å². The molecule has 0 atom stereocenters. The summed E-state index contributed by atoms with van der Waals surface area (Å²) in [6, 6.07) is 12.0. The van der Waals surface area contributed by atoms with Crippen molar-refractivity contribution in [2.75, 3.05) is 6.54 Å². The predicted molar refractivity (Wildman–Crippen MR) is 102 cm³/mol. The normalized spacial score (nSPS) is 10.6. The molecule has 0 unspecified atom stereocenters. The van der Waals surface area contributed by atoms with Crippen LogP contribution in [-0.2, 0) is 6.54 Å². The van der Waals surface area contributed by atoms with E-state index in [1.165, 1.54) is 0 Å². The van der Waals surface area contributed by atoms with E-state index in [0.717, 1.165) is 22.1 Å². The highest BCUT2D eigenvalue weighted by Crippen LogP contribution is 2.23. The second-order valence-electron chi connectivity index (χ2n) is 5.89. The summed E-state index contributed by atoms with van der Waals surface area (Å²) in [7, 11) is 0. The molecule has 0 bridgehead atoms. The minimum atomic E-state index is 0.0136. The number of rotatable bonds is 6. The number of thiazole rings is 1. The fourth-order valence-electron chi connectivity index (χ4n) is 2.95. The number of amides is 1. The maximum absolute atomic E-state index is 13.1. The molecule has 1 amide bonds. The zero-order valence-corrected chi connectivity index (χ0v) is 15.3. The first-order valence-electron chi connectivity index (χ1n) is 8.14. The zero-order valence-electron chi connectivity index (χ0n) is 14.5. The third-order valence-electron chi connectivity index (χ3n) is 4.13. The van der Waals surface area contributed by atoms with Crippen LogP contribution in [0.15, 0.2) is 60.6 Å². The van der Waals surface area contributed by atoms with Gasteiger partial charge >= 0.3 is 0 Å². The van der Waals surface area contributed by atoms with E-state index < -0.39 is 0 Å². The van der Waals surface area contributed by atoms with Crippen molar-refractivity contribution in [3.63, 3.8) is 0 Å². The van der Waals surface area contributed by atoms with Gasteiger partial charge in [-0.2, -0.15) is 0 Å². The van der Waals surface area contributed by atoms with Crippen LogP contribution in [0.5, 0.6) is 0 Å². The van der Waals surface area contributed by atoms with Crippen molar-refractivity contribution in [2.24, 2.45) is 0 Å².